The van der Waals surface area contributed by atoms with Crippen LogP contribution < -0.4 is 0 Å². The minimum Gasteiger partial charge on any atom is -0.480 e. The average Bonchev–Trinajstić information content (AvgIpc) is 2.62. The highest BCUT2D eigenvalue weighted by Gasteiger charge is 2.39. The van der Waals surface area contributed by atoms with Gasteiger partial charge < -0.3 is 9.84 Å². The van der Waals surface area contributed by atoms with Gasteiger partial charge in [0.2, 0.25) is 0 Å². The molecule has 0 aliphatic carbocycles. The van der Waals surface area contributed by atoms with Gasteiger partial charge in [0.1, 0.15) is 23.5 Å². The molecule has 3 aromatic rings. The molecule has 4 rings (SSSR count). The largest absolute Gasteiger partial charge is 0.480 e. The molecule has 1 aromatic heterocycles. The molecule has 0 saturated carbocycles. The number of hydrogen-bond donors (Lipinski definition) is 1. The van der Waals surface area contributed by atoms with Crippen LogP contribution in [0.15, 0.2) is 72.6 Å². The Labute approximate surface area is 159 Å². The first-order valence-electron chi connectivity index (χ1n) is 8.23. The lowest BCUT2D eigenvalue weighted by Crippen LogP contribution is -2.24. The second kappa shape index (κ2) is 7.10. The minimum absolute atomic E-state index is 0.232. The summed E-state index contributed by atoms with van der Waals surface area (Å²) in [5.74, 6) is -1.18. The van der Waals surface area contributed by atoms with E-state index in [0.717, 1.165) is 11.6 Å². The van der Waals surface area contributed by atoms with Crippen LogP contribution in [0.3, 0.4) is 0 Å². The highest BCUT2D eigenvalue weighted by molar-refractivity contribution is 6.30. The van der Waals surface area contributed by atoms with Crippen LogP contribution in [0.5, 0.6) is 0 Å². The van der Waals surface area contributed by atoms with Crippen LogP contribution in [0, 0.1) is 11.6 Å². The molecule has 6 heteroatoms. The maximum Gasteiger partial charge on any atom is 0.152 e. The maximum atomic E-state index is 13.7. The van der Waals surface area contributed by atoms with Crippen molar-refractivity contribution in [3.8, 4) is 0 Å². The van der Waals surface area contributed by atoms with Gasteiger partial charge in [-0.1, -0.05) is 29.8 Å². The first-order valence-corrected chi connectivity index (χ1v) is 8.61. The maximum absolute atomic E-state index is 13.7. The molecule has 2 aromatic carbocycles. The van der Waals surface area contributed by atoms with Crippen molar-refractivity contribution >= 4 is 17.4 Å². The summed E-state index contributed by atoms with van der Waals surface area (Å²) in [6, 6.07) is 13.6. The van der Waals surface area contributed by atoms with Crippen LogP contribution in [-0.4, -0.2) is 10.1 Å². The molecule has 1 aliphatic heterocycles. The summed E-state index contributed by atoms with van der Waals surface area (Å²) in [6.45, 7) is 0. The molecular weight excluding hydrogens is 372 g/mol. The van der Waals surface area contributed by atoms with E-state index in [0.29, 0.717) is 16.2 Å². The van der Waals surface area contributed by atoms with Crippen molar-refractivity contribution < 1.29 is 18.6 Å². The van der Waals surface area contributed by atoms with E-state index >= 15 is 0 Å². The third kappa shape index (κ3) is 3.44. The number of benzene rings is 2. The van der Waals surface area contributed by atoms with Crippen molar-refractivity contribution in [2.75, 3.05) is 0 Å². The predicted molar refractivity (Wildman–Crippen MR) is 97.8 cm³/mol. The van der Waals surface area contributed by atoms with Crippen LogP contribution in [0.1, 0.15) is 28.9 Å². The van der Waals surface area contributed by atoms with Gasteiger partial charge in [0.25, 0.3) is 0 Å². The normalized spacial score (nSPS) is 17.3. The molecule has 0 spiro atoms. The first-order chi connectivity index (χ1) is 13.0. The molecule has 0 fully saturated rings. The van der Waals surface area contributed by atoms with Crippen molar-refractivity contribution in [2.24, 2.45) is 0 Å². The molecule has 136 valence electrons. The van der Waals surface area contributed by atoms with Gasteiger partial charge in [-0.2, -0.15) is 0 Å². The smallest absolute Gasteiger partial charge is 0.152 e. The highest BCUT2D eigenvalue weighted by Crippen LogP contribution is 2.50. The van der Waals surface area contributed by atoms with Gasteiger partial charge in [0.15, 0.2) is 6.10 Å². The number of pyridine rings is 1. The quantitative estimate of drug-likeness (QED) is 0.668. The SMILES string of the molecule is OC(C1=C(c2cc(F)cc(F)c2)OC1c1ccc(Cl)cc1)c1cccnc1. The lowest BCUT2D eigenvalue weighted by Gasteiger charge is -2.37. The summed E-state index contributed by atoms with van der Waals surface area (Å²) in [6.07, 6.45) is 1.55. The Bertz CT molecular complexity index is 986. The molecule has 27 heavy (non-hydrogen) atoms. The molecule has 2 heterocycles. The van der Waals surface area contributed by atoms with E-state index in [1.54, 1.807) is 48.8 Å². The summed E-state index contributed by atoms with van der Waals surface area (Å²) in [5.41, 5.74) is 2.08. The van der Waals surface area contributed by atoms with E-state index in [1.807, 2.05) is 0 Å². The predicted octanol–water partition coefficient (Wildman–Crippen LogP) is 5.23. The second-order valence-electron chi connectivity index (χ2n) is 6.18. The molecule has 3 nitrogen and oxygen atoms in total. The van der Waals surface area contributed by atoms with Crippen LogP contribution >= 0.6 is 11.6 Å². The molecule has 2 atom stereocenters. The number of aliphatic hydroxyl groups excluding tert-OH is 1. The van der Waals surface area contributed by atoms with Crippen molar-refractivity contribution in [3.05, 3.63) is 106 Å². The van der Waals surface area contributed by atoms with Crippen molar-refractivity contribution in [2.45, 2.75) is 12.2 Å². The van der Waals surface area contributed by atoms with Crippen molar-refractivity contribution in [1.82, 2.24) is 4.98 Å². The standard InChI is InChI=1S/C21H14ClF2NO2/c22-15-5-3-12(4-6-15)20-18(19(26)13-2-1-7-25-11-13)21(27-20)14-8-16(23)10-17(24)9-14/h1-11,19-20,26H. The van der Waals surface area contributed by atoms with Gasteiger partial charge in [0.05, 0.1) is 5.57 Å². The fraction of sp³-hybridized carbons (Fsp3) is 0.0952. The zero-order valence-corrected chi connectivity index (χ0v) is 14.7. The van der Waals surface area contributed by atoms with Gasteiger partial charge in [-0.25, -0.2) is 8.78 Å². The zero-order valence-electron chi connectivity index (χ0n) is 13.9. The van der Waals surface area contributed by atoms with Gasteiger partial charge in [-0.05, 0) is 35.9 Å². The Morgan fingerprint density at radius 1 is 1.04 bits per heavy atom. The summed E-state index contributed by atoms with van der Waals surface area (Å²) < 4.78 is 33.2. The number of nitrogens with zero attached hydrogens (tertiary/aromatic N) is 1. The first kappa shape index (κ1) is 17.6. The number of halogens is 3. The van der Waals surface area contributed by atoms with E-state index in [1.165, 1.54) is 12.1 Å². The molecule has 1 N–H and O–H groups in total. The summed E-state index contributed by atoms with van der Waals surface area (Å²) in [7, 11) is 0. The fourth-order valence-corrected chi connectivity index (χ4v) is 3.23. The molecule has 0 amide bonds. The molecule has 0 radical (unpaired) electrons. The molecular formula is C21H14ClF2NO2. The number of aliphatic hydroxyl groups is 1. The van der Waals surface area contributed by atoms with Gasteiger partial charge >= 0.3 is 0 Å². The van der Waals surface area contributed by atoms with Crippen molar-refractivity contribution in [1.29, 1.82) is 0 Å². The molecule has 2 unspecified atom stereocenters. The Balaban J connectivity index is 1.81. The lowest BCUT2D eigenvalue weighted by molar-refractivity contribution is 0.0938. The van der Waals surface area contributed by atoms with Crippen molar-refractivity contribution in [3.63, 3.8) is 0 Å². The Hall–Kier alpha value is -2.76. The van der Waals surface area contributed by atoms with E-state index in [9.17, 15) is 13.9 Å². The summed E-state index contributed by atoms with van der Waals surface area (Å²) in [5, 5.41) is 11.5. The Kier molecular flexibility index (Phi) is 4.64. The summed E-state index contributed by atoms with van der Waals surface area (Å²) >= 11 is 5.94. The van der Waals surface area contributed by atoms with Crippen LogP contribution in [-0.2, 0) is 4.74 Å². The number of ether oxygens (including phenoxy) is 1. The second-order valence-corrected chi connectivity index (χ2v) is 6.62. The third-order valence-electron chi connectivity index (χ3n) is 4.37. The fourth-order valence-electron chi connectivity index (χ4n) is 3.10. The van der Waals surface area contributed by atoms with Crippen LogP contribution in [0.4, 0.5) is 8.78 Å². The van der Waals surface area contributed by atoms with Gasteiger partial charge in [-0.15, -0.1) is 0 Å². The van der Waals surface area contributed by atoms with E-state index in [4.69, 9.17) is 16.3 Å². The van der Waals surface area contributed by atoms with E-state index in [-0.39, 0.29) is 11.3 Å². The van der Waals surface area contributed by atoms with Crippen LogP contribution in [0.25, 0.3) is 5.76 Å². The number of hydrogen-bond acceptors (Lipinski definition) is 3. The number of rotatable bonds is 4. The van der Waals surface area contributed by atoms with E-state index in [2.05, 4.69) is 4.98 Å². The average molecular weight is 386 g/mol. The topological polar surface area (TPSA) is 42.4 Å². The number of aromatic nitrogens is 1. The summed E-state index contributed by atoms with van der Waals surface area (Å²) in [4.78, 5) is 4.02. The minimum atomic E-state index is -1.03. The third-order valence-corrected chi connectivity index (χ3v) is 4.62. The molecule has 0 bridgehead atoms. The Morgan fingerprint density at radius 2 is 1.74 bits per heavy atom. The van der Waals surface area contributed by atoms with Gasteiger partial charge in [-0.3, -0.25) is 4.98 Å². The molecule has 0 saturated heterocycles. The Morgan fingerprint density at radius 3 is 2.37 bits per heavy atom. The molecule has 1 aliphatic rings. The lowest BCUT2D eigenvalue weighted by atomic mass is 9.86. The zero-order chi connectivity index (χ0) is 19.0. The van der Waals surface area contributed by atoms with Crippen LogP contribution in [0.2, 0.25) is 5.02 Å². The van der Waals surface area contributed by atoms with Gasteiger partial charge in [0, 0.05) is 34.6 Å². The highest BCUT2D eigenvalue weighted by atomic mass is 35.5. The van der Waals surface area contributed by atoms with E-state index < -0.39 is 23.8 Å². The monoisotopic (exact) mass is 385 g/mol.